The number of carbonyl (C=O) groups is 1. The highest BCUT2D eigenvalue weighted by Gasteiger charge is 2.25. The van der Waals surface area contributed by atoms with Gasteiger partial charge in [0.15, 0.2) is 0 Å². The molecular weight excluding hydrogens is 393 g/mol. The molecule has 0 saturated heterocycles. The summed E-state index contributed by atoms with van der Waals surface area (Å²) in [5.41, 5.74) is 0.959. The molecule has 0 amide bonds. The number of aryl methyl sites for hydroxylation is 1. The number of ether oxygens (including phenoxy) is 1. The summed E-state index contributed by atoms with van der Waals surface area (Å²) in [6, 6.07) is 6.05. The first-order valence-corrected chi connectivity index (χ1v) is 9.43. The third kappa shape index (κ3) is 3.71. The number of nitrogens with zero attached hydrogens (tertiary/aromatic N) is 4. The van der Waals surface area contributed by atoms with Gasteiger partial charge >= 0.3 is 5.97 Å². The van der Waals surface area contributed by atoms with Crippen molar-refractivity contribution in [3.05, 3.63) is 41.1 Å². The fourth-order valence-corrected chi connectivity index (χ4v) is 3.61. The van der Waals surface area contributed by atoms with Gasteiger partial charge in [0.05, 0.1) is 24.9 Å². The van der Waals surface area contributed by atoms with Crippen LogP contribution in [0, 0.1) is 6.92 Å². The molecule has 12 heteroatoms. The molecule has 0 radical (unpaired) electrons. The Kier molecular flexibility index (Phi) is 5.14. The number of hydrogen-bond acceptors (Lipinski definition) is 7. The maximum absolute atomic E-state index is 12.9. The number of fused-ring (bicyclic) bond motifs is 1. The van der Waals surface area contributed by atoms with Gasteiger partial charge in [-0.1, -0.05) is 18.2 Å². The van der Waals surface area contributed by atoms with Crippen molar-refractivity contribution in [2.75, 3.05) is 11.8 Å². The summed E-state index contributed by atoms with van der Waals surface area (Å²) in [5, 5.41) is 12.3. The molecule has 28 heavy (non-hydrogen) atoms. The van der Waals surface area contributed by atoms with E-state index < -0.39 is 27.8 Å². The molecule has 0 aliphatic heterocycles. The zero-order chi connectivity index (χ0) is 20.5. The summed E-state index contributed by atoms with van der Waals surface area (Å²) in [7, 11) is -2.96. The standard InChI is InChI=1S/C16H16FN5O5S/c1-9-4-3-5-10(6-13(23)24)14(9)21-28(25,26)16-19-15-18-11(8-17)7-12(27-2)22(15)20-16/h3-5,7,21H,6,8H2,1-2H3,(H,23,24). The topological polar surface area (TPSA) is 136 Å². The Morgan fingerprint density at radius 1 is 1.36 bits per heavy atom. The third-order valence-electron chi connectivity index (χ3n) is 3.84. The second-order valence-corrected chi connectivity index (χ2v) is 7.39. The van der Waals surface area contributed by atoms with Crippen LogP contribution in [-0.4, -0.2) is 46.2 Å². The monoisotopic (exact) mass is 409 g/mol. The van der Waals surface area contributed by atoms with Crippen LogP contribution in [0.3, 0.4) is 0 Å². The van der Waals surface area contributed by atoms with Crippen LogP contribution < -0.4 is 9.46 Å². The molecule has 0 fully saturated rings. The van der Waals surface area contributed by atoms with Gasteiger partial charge in [-0.3, -0.25) is 9.52 Å². The number of halogens is 1. The number of carboxylic acids is 1. The predicted octanol–water partition coefficient (Wildman–Crippen LogP) is 1.34. The molecule has 0 bridgehead atoms. The van der Waals surface area contributed by atoms with Gasteiger partial charge < -0.3 is 9.84 Å². The normalized spacial score (nSPS) is 11.5. The number of aliphatic carboxylic acids is 1. The van der Waals surface area contributed by atoms with Gasteiger partial charge in [-0.25, -0.2) is 9.37 Å². The van der Waals surface area contributed by atoms with Gasteiger partial charge in [-0.15, -0.1) is 5.10 Å². The molecule has 0 spiro atoms. The maximum atomic E-state index is 12.9. The number of aromatic nitrogens is 4. The van der Waals surface area contributed by atoms with Gasteiger partial charge in [0, 0.05) is 6.07 Å². The van der Waals surface area contributed by atoms with Crippen molar-refractivity contribution in [1.82, 2.24) is 19.6 Å². The smallest absolute Gasteiger partial charge is 0.307 e. The lowest BCUT2D eigenvalue weighted by Crippen LogP contribution is -2.17. The van der Waals surface area contributed by atoms with E-state index in [1.165, 1.54) is 19.2 Å². The number of carboxylic acid groups (broad SMARTS) is 1. The van der Waals surface area contributed by atoms with Crippen LogP contribution in [0.4, 0.5) is 10.1 Å². The maximum Gasteiger partial charge on any atom is 0.307 e. The summed E-state index contributed by atoms with van der Waals surface area (Å²) < 4.78 is 46.9. The summed E-state index contributed by atoms with van der Waals surface area (Å²) >= 11 is 0. The number of alkyl halides is 1. The fraction of sp³-hybridized carbons (Fsp3) is 0.250. The molecular formula is C16H16FN5O5S. The molecule has 148 valence electrons. The SMILES string of the molecule is COc1cc(CF)nc2nc(S(=O)(=O)Nc3c(C)cccc3CC(=O)O)nn12. The molecule has 0 aliphatic carbocycles. The number of methoxy groups -OCH3 is 1. The molecule has 3 aromatic rings. The van der Waals surface area contributed by atoms with E-state index in [9.17, 15) is 17.6 Å². The third-order valence-corrected chi connectivity index (χ3v) is 4.96. The number of hydrogen-bond donors (Lipinski definition) is 2. The zero-order valence-electron chi connectivity index (χ0n) is 14.9. The highest BCUT2D eigenvalue weighted by molar-refractivity contribution is 7.92. The van der Waals surface area contributed by atoms with E-state index in [0.717, 1.165) is 4.52 Å². The van der Waals surface area contributed by atoms with Crippen molar-refractivity contribution in [2.24, 2.45) is 0 Å². The van der Waals surface area contributed by atoms with Crippen molar-refractivity contribution in [3.8, 4) is 5.88 Å². The second-order valence-electron chi connectivity index (χ2n) is 5.81. The Bertz CT molecular complexity index is 1160. The van der Waals surface area contributed by atoms with Crippen LogP contribution in [0.2, 0.25) is 0 Å². The minimum Gasteiger partial charge on any atom is -0.481 e. The first kappa shape index (κ1) is 19.5. The molecule has 0 atom stereocenters. The van der Waals surface area contributed by atoms with Crippen LogP contribution in [0.25, 0.3) is 5.78 Å². The van der Waals surface area contributed by atoms with E-state index in [-0.39, 0.29) is 35.0 Å². The van der Waals surface area contributed by atoms with Crippen LogP contribution in [0.1, 0.15) is 16.8 Å². The molecule has 2 heterocycles. The van der Waals surface area contributed by atoms with E-state index in [4.69, 9.17) is 9.84 Å². The van der Waals surface area contributed by atoms with Gasteiger partial charge in [0.25, 0.3) is 21.0 Å². The lowest BCUT2D eigenvalue weighted by Gasteiger charge is -2.12. The summed E-state index contributed by atoms with van der Waals surface area (Å²) in [6.45, 7) is 0.750. The lowest BCUT2D eigenvalue weighted by atomic mass is 10.1. The Balaban J connectivity index is 2.06. The Hall–Kier alpha value is -3.28. The molecule has 0 saturated carbocycles. The molecule has 3 rings (SSSR count). The van der Waals surface area contributed by atoms with E-state index in [1.54, 1.807) is 19.1 Å². The quantitative estimate of drug-likeness (QED) is 0.597. The van der Waals surface area contributed by atoms with E-state index in [0.29, 0.717) is 5.56 Å². The Labute approximate surface area is 159 Å². The Morgan fingerprint density at radius 2 is 2.11 bits per heavy atom. The van der Waals surface area contributed by atoms with Gasteiger partial charge in [0.2, 0.25) is 5.88 Å². The molecule has 0 aliphatic rings. The number of benzene rings is 1. The number of sulfonamides is 1. The summed E-state index contributed by atoms with van der Waals surface area (Å²) in [4.78, 5) is 18.8. The number of rotatable bonds is 7. The minimum absolute atomic E-state index is 0.0105. The Morgan fingerprint density at radius 3 is 2.75 bits per heavy atom. The van der Waals surface area contributed by atoms with E-state index in [2.05, 4.69) is 19.8 Å². The van der Waals surface area contributed by atoms with E-state index in [1.807, 2.05) is 0 Å². The molecule has 2 N–H and O–H groups in total. The average molecular weight is 409 g/mol. The first-order chi connectivity index (χ1) is 13.2. The fourth-order valence-electron chi connectivity index (χ4n) is 2.56. The lowest BCUT2D eigenvalue weighted by molar-refractivity contribution is -0.136. The molecule has 2 aromatic heterocycles. The van der Waals surface area contributed by atoms with E-state index >= 15 is 0 Å². The van der Waals surface area contributed by atoms with Gasteiger partial charge in [0.1, 0.15) is 6.67 Å². The predicted molar refractivity (Wildman–Crippen MR) is 95.5 cm³/mol. The highest BCUT2D eigenvalue weighted by Crippen LogP contribution is 2.24. The van der Waals surface area contributed by atoms with Crippen molar-refractivity contribution < 1.29 is 27.4 Å². The van der Waals surface area contributed by atoms with Gasteiger partial charge in [-0.2, -0.15) is 17.9 Å². The van der Waals surface area contributed by atoms with Crippen LogP contribution in [0.15, 0.2) is 29.4 Å². The molecule has 1 aromatic carbocycles. The van der Waals surface area contributed by atoms with Crippen molar-refractivity contribution in [1.29, 1.82) is 0 Å². The van der Waals surface area contributed by atoms with Crippen LogP contribution in [-0.2, 0) is 27.9 Å². The highest BCUT2D eigenvalue weighted by atomic mass is 32.2. The van der Waals surface area contributed by atoms with Crippen LogP contribution >= 0.6 is 0 Å². The zero-order valence-corrected chi connectivity index (χ0v) is 15.7. The summed E-state index contributed by atoms with van der Waals surface area (Å²) in [5.74, 6) is -1.19. The van der Waals surface area contributed by atoms with Gasteiger partial charge in [-0.05, 0) is 18.1 Å². The first-order valence-electron chi connectivity index (χ1n) is 7.95. The number of nitrogens with one attached hydrogen (secondary N) is 1. The van der Waals surface area contributed by atoms with Crippen molar-refractivity contribution in [3.63, 3.8) is 0 Å². The van der Waals surface area contributed by atoms with Crippen molar-refractivity contribution >= 4 is 27.5 Å². The number of anilines is 1. The average Bonchev–Trinajstić information content (AvgIpc) is 3.08. The van der Waals surface area contributed by atoms with Crippen LogP contribution in [0.5, 0.6) is 5.88 Å². The molecule has 0 unspecified atom stereocenters. The largest absolute Gasteiger partial charge is 0.481 e. The second kappa shape index (κ2) is 7.38. The minimum atomic E-state index is -4.28. The van der Waals surface area contributed by atoms with Crippen molar-refractivity contribution in [2.45, 2.75) is 25.2 Å². The number of para-hydroxylation sites is 1. The molecule has 10 nitrogen and oxygen atoms in total. The summed E-state index contributed by atoms with van der Waals surface area (Å²) in [6.07, 6.45) is -0.368.